The van der Waals surface area contributed by atoms with Crippen molar-refractivity contribution < 1.29 is 32.7 Å². The Morgan fingerprint density at radius 2 is 1.68 bits per heavy atom. The number of amides is 2. The van der Waals surface area contributed by atoms with Crippen molar-refractivity contribution in [2.24, 2.45) is 0 Å². The maximum Gasteiger partial charge on any atom is 0.407 e. The maximum absolute atomic E-state index is 12.7. The minimum Gasteiger partial charge on any atom is -0.465 e. The summed E-state index contributed by atoms with van der Waals surface area (Å²) in [6.45, 7) is 4.30. The van der Waals surface area contributed by atoms with Crippen molar-refractivity contribution in [3.8, 4) is 0 Å². The molecule has 1 atom stereocenters. The van der Waals surface area contributed by atoms with E-state index in [1.54, 1.807) is 20.8 Å². The second-order valence-electron chi connectivity index (χ2n) is 8.36. The molecule has 0 heterocycles. The Morgan fingerprint density at radius 1 is 1.10 bits per heavy atom. The van der Waals surface area contributed by atoms with Crippen LogP contribution >= 0.6 is 23.2 Å². The molecule has 0 aliphatic rings. The van der Waals surface area contributed by atoms with Gasteiger partial charge in [-0.25, -0.2) is 4.79 Å². The number of carbonyl (C=O) groups is 3. The number of aldehydes is 1. The van der Waals surface area contributed by atoms with E-state index >= 15 is 0 Å². The summed E-state index contributed by atoms with van der Waals surface area (Å²) in [6.07, 6.45) is -7.40. The first-order valence-corrected chi connectivity index (χ1v) is 9.98. The molecule has 0 aromatic heterocycles. The third kappa shape index (κ3) is 7.57. The molecule has 0 spiro atoms. The van der Waals surface area contributed by atoms with E-state index in [0.29, 0.717) is 11.8 Å². The van der Waals surface area contributed by atoms with E-state index in [1.807, 2.05) is 0 Å². The number of carboxylic acid groups (broad SMARTS) is 1. The van der Waals surface area contributed by atoms with Gasteiger partial charge in [-0.1, -0.05) is 29.3 Å². The first-order chi connectivity index (χ1) is 14.0. The van der Waals surface area contributed by atoms with Gasteiger partial charge in [-0.05, 0) is 38.5 Å². The Kier molecular flexibility index (Phi) is 8.79. The molecular formula is C20H25Cl2F3N2O4. The van der Waals surface area contributed by atoms with Gasteiger partial charge in [0.1, 0.15) is 12.7 Å². The van der Waals surface area contributed by atoms with E-state index in [-0.39, 0.29) is 29.6 Å². The third-order valence-electron chi connectivity index (χ3n) is 4.82. The van der Waals surface area contributed by atoms with Gasteiger partial charge in [0.2, 0.25) is 5.91 Å². The Balaban J connectivity index is 3.56. The highest BCUT2D eigenvalue weighted by molar-refractivity contribution is 6.42. The number of alkyl halides is 3. The van der Waals surface area contributed by atoms with E-state index in [2.05, 4.69) is 0 Å². The van der Waals surface area contributed by atoms with Crippen molar-refractivity contribution in [3.63, 3.8) is 0 Å². The number of halogens is 5. The summed E-state index contributed by atoms with van der Waals surface area (Å²) in [5.74, 6) is -1.21. The summed E-state index contributed by atoms with van der Waals surface area (Å²) < 4.78 is 38.2. The molecule has 1 N–H and O–H groups in total. The standard InChI is InChI=1S/C20H25Cl2F3N2O4/c1-18(2,3)27(17(30)31)12-19(7-8-28,13-5-6-14(21)15(22)9-13)11-26(4)16(29)10-20(23,24)25/h5-6,8-9H,7,10-12H2,1-4H3,(H,30,31). The molecular weight excluding hydrogens is 460 g/mol. The molecule has 2 amide bonds. The normalized spacial score (nSPS) is 14.0. The molecule has 1 unspecified atom stereocenters. The molecule has 0 fully saturated rings. The van der Waals surface area contributed by atoms with Crippen LogP contribution in [0, 0.1) is 0 Å². The summed E-state index contributed by atoms with van der Waals surface area (Å²) in [4.78, 5) is 37.6. The predicted molar refractivity (Wildman–Crippen MR) is 112 cm³/mol. The van der Waals surface area contributed by atoms with Crippen LogP contribution < -0.4 is 0 Å². The van der Waals surface area contributed by atoms with Gasteiger partial charge >= 0.3 is 12.3 Å². The minimum absolute atomic E-state index is 0.122. The summed E-state index contributed by atoms with van der Waals surface area (Å²) >= 11 is 12.1. The van der Waals surface area contributed by atoms with E-state index in [4.69, 9.17) is 23.2 Å². The highest BCUT2D eigenvalue weighted by atomic mass is 35.5. The van der Waals surface area contributed by atoms with Crippen LogP contribution in [-0.2, 0) is 15.0 Å². The Bertz CT molecular complexity index is 828. The van der Waals surface area contributed by atoms with Gasteiger partial charge in [-0.3, -0.25) is 4.79 Å². The lowest BCUT2D eigenvalue weighted by Gasteiger charge is -2.44. The number of carbonyl (C=O) groups excluding carboxylic acids is 2. The molecule has 1 rings (SSSR count). The summed E-state index contributed by atoms with van der Waals surface area (Å²) in [5, 5.41) is 10.1. The van der Waals surface area contributed by atoms with Crippen LogP contribution in [-0.4, -0.2) is 65.0 Å². The largest absolute Gasteiger partial charge is 0.465 e. The average molecular weight is 485 g/mol. The second kappa shape index (κ2) is 10.1. The van der Waals surface area contributed by atoms with Gasteiger partial charge in [0.15, 0.2) is 0 Å². The van der Waals surface area contributed by atoms with Gasteiger partial charge in [-0.15, -0.1) is 0 Å². The molecule has 11 heteroatoms. The highest BCUT2D eigenvalue weighted by Gasteiger charge is 2.42. The molecule has 0 radical (unpaired) electrons. The lowest BCUT2D eigenvalue weighted by atomic mass is 9.76. The molecule has 1 aromatic carbocycles. The van der Waals surface area contributed by atoms with Crippen LogP contribution in [0.3, 0.4) is 0 Å². The molecule has 0 aliphatic carbocycles. The van der Waals surface area contributed by atoms with Crippen LogP contribution in [0.25, 0.3) is 0 Å². The number of rotatable bonds is 8. The van der Waals surface area contributed by atoms with Crippen molar-refractivity contribution in [2.45, 2.75) is 50.7 Å². The topological polar surface area (TPSA) is 77.9 Å². The molecule has 174 valence electrons. The number of likely N-dealkylation sites (N-methyl/N-ethyl adjacent to an activating group) is 1. The summed E-state index contributed by atoms with van der Waals surface area (Å²) in [7, 11) is 1.17. The van der Waals surface area contributed by atoms with E-state index < -0.39 is 35.6 Å². The van der Waals surface area contributed by atoms with Gasteiger partial charge in [0.25, 0.3) is 0 Å². The zero-order valence-corrected chi connectivity index (χ0v) is 19.1. The minimum atomic E-state index is -4.71. The molecule has 31 heavy (non-hydrogen) atoms. The van der Waals surface area contributed by atoms with Crippen molar-refractivity contribution in [1.82, 2.24) is 9.80 Å². The molecule has 0 saturated carbocycles. The van der Waals surface area contributed by atoms with Crippen LogP contribution in [0.2, 0.25) is 10.0 Å². The van der Waals surface area contributed by atoms with Gasteiger partial charge in [-0.2, -0.15) is 13.2 Å². The number of benzene rings is 1. The zero-order valence-electron chi connectivity index (χ0n) is 17.6. The van der Waals surface area contributed by atoms with E-state index in [0.717, 1.165) is 9.80 Å². The maximum atomic E-state index is 12.7. The highest BCUT2D eigenvalue weighted by Crippen LogP contribution is 2.36. The SMILES string of the molecule is CN(CC(CC=O)(CN(C(=O)O)C(C)(C)C)c1ccc(Cl)c(Cl)c1)C(=O)CC(F)(F)F. The number of hydrogen-bond donors (Lipinski definition) is 1. The number of hydrogen-bond acceptors (Lipinski definition) is 3. The third-order valence-corrected chi connectivity index (χ3v) is 5.56. The van der Waals surface area contributed by atoms with Gasteiger partial charge in [0, 0.05) is 37.5 Å². The Morgan fingerprint density at radius 3 is 2.10 bits per heavy atom. The first kappa shape index (κ1) is 27.0. The summed E-state index contributed by atoms with van der Waals surface area (Å²) in [6, 6.07) is 4.39. The Labute approximate surface area is 188 Å². The fourth-order valence-corrected chi connectivity index (χ4v) is 3.51. The van der Waals surface area contributed by atoms with E-state index in [9.17, 15) is 32.7 Å². The van der Waals surface area contributed by atoms with Crippen LogP contribution in [0.4, 0.5) is 18.0 Å². The fraction of sp³-hybridized carbons (Fsp3) is 0.550. The predicted octanol–water partition coefficient (Wildman–Crippen LogP) is 5.01. The quantitative estimate of drug-likeness (QED) is 0.526. The lowest BCUT2D eigenvalue weighted by molar-refractivity contribution is -0.161. The van der Waals surface area contributed by atoms with Crippen molar-refractivity contribution in [2.75, 3.05) is 20.1 Å². The average Bonchev–Trinajstić information content (AvgIpc) is 2.59. The fourth-order valence-electron chi connectivity index (χ4n) is 3.21. The van der Waals surface area contributed by atoms with Crippen molar-refractivity contribution in [3.05, 3.63) is 33.8 Å². The molecule has 6 nitrogen and oxygen atoms in total. The Hall–Kier alpha value is -2.00. The van der Waals surface area contributed by atoms with Crippen molar-refractivity contribution in [1.29, 1.82) is 0 Å². The summed E-state index contributed by atoms with van der Waals surface area (Å²) in [5.41, 5.74) is -1.89. The molecule has 0 saturated heterocycles. The van der Waals surface area contributed by atoms with Crippen LogP contribution in [0.5, 0.6) is 0 Å². The van der Waals surface area contributed by atoms with Gasteiger partial charge < -0.3 is 19.7 Å². The van der Waals surface area contributed by atoms with E-state index in [1.165, 1.54) is 25.2 Å². The van der Waals surface area contributed by atoms with Crippen LogP contribution in [0.1, 0.15) is 39.2 Å². The smallest absolute Gasteiger partial charge is 0.407 e. The number of nitrogens with zero attached hydrogens (tertiary/aromatic N) is 2. The first-order valence-electron chi connectivity index (χ1n) is 9.23. The van der Waals surface area contributed by atoms with Crippen LogP contribution in [0.15, 0.2) is 18.2 Å². The van der Waals surface area contributed by atoms with Gasteiger partial charge in [0.05, 0.1) is 10.0 Å². The monoisotopic (exact) mass is 484 g/mol. The zero-order chi connectivity index (χ0) is 24.2. The lowest BCUT2D eigenvalue weighted by Crippen LogP contribution is -2.55. The molecule has 0 aliphatic heterocycles. The molecule has 1 aromatic rings. The van der Waals surface area contributed by atoms with Crippen molar-refractivity contribution >= 4 is 41.5 Å². The second-order valence-corrected chi connectivity index (χ2v) is 9.18. The molecule has 0 bridgehead atoms.